The summed E-state index contributed by atoms with van der Waals surface area (Å²) in [4.78, 5) is 0. The maximum Gasteiger partial charge on any atom is 0.481 e. The van der Waals surface area contributed by atoms with Crippen LogP contribution in [0.3, 0.4) is 0 Å². The van der Waals surface area contributed by atoms with E-state index in [1.807, 2.05) is 0 Å². The molecular weight excluding hydrogens is 128 g/mol. The van der Waals surface area contributed by atoms with Gasteiger partial charge in [-0.3, -0.25) is 0 Å². The van der Waals surface area contributed by atoms with Crippen molar-refractivity contribution in [1.82, 2.24) is 0 Å². The molecule has 0 radical (unpaired) electrons. The molecule has 0 aromatic heterocycles. The maximum atomic E-state index is 11.7. The number of hydrogen-bond donors (Lipinski definition) is 0. The highest BCUT2D eigenvalue weighted by molar-refractivity contribution is 6.60. The van der Waals surface area contributed by atoms with Crippen LogP contribution in [0.2, 0.25) is 5.82 Å². The number of halogens is 3. The zero-order chi connectivity index (χ0) is 7.49. The van der Waals surface area contributed by atoms with Gasteiger partial charge in [0.05, 0.1) is 0 Å². The molecule has 0 aromatic carbocycles. The summed E-state index contributed by atoms with van der Waals surface area (Å²) < 4.78 is 35.0. The second kappa shape index (κ2) is 2.94. The summed E-state index contributed by atoms with van der Waals surface area (Å²) >= 11 is 0. The molecule has 0 saturated carbocycles. The fourth-order valence-corrected chi connectivity index (χ4v) is 0.417. The van der Waals surface area contributed by atoms with Gasteiger partial charge in [0.25, 0.3) is 0 Å². The molecule has 0 N–H and O–H groups in total. The minimum Gasteiger partial charge on any atom is -0.449 e. The van der Waals surface area contributed by atoms with Crippen molar-refractivity contribution < 1.29 is 12.9 Å². The Kier molecular flexibility index (Phi) is 2.81. The Morgan fingerprint density at radius 1 is 1.56 bits per heavy atom. The lowest BCUT2D eigenvalue weighted by Gasteiger charge is -2.20. The van der Waals surface area contributed by atoms with Crippen molar-refractivity contribution in [3.8, 4) is 0 Å². The van der Waals surface area contributed by atoms with Gasteiger partial charge in [-0.05, 0) is 0 Å². The summed E-state index contributed by atoms with van der Waals surface area (Å²) in [5, 5.41) is 0. The van der Waals surface area contributed by atoms with E-state index in [9.17, 15) is 12.9 Å². The first-order valence-electron chi connectivity index (χ1n) is 2.79. The molecular formula is C5H9BF3-. The van der Waals surface area contributed by atoms with Gasteiger partial charge in [0, 0.05) is 0 Å². The molecule has 0 rings (SSSR count). The Morgan fingerprint density at radius 3 is 2.11 bits per heavy atom. The van der Waals surface area contributed by atoms with Crippen LogP contribution in [-0.2, 0) is 0 Å². The highest BCUT2D eigenvalue weighted by atomic mass is 19.4. The van der Waals surface area contributed by atoms with Crippen LogP contribution in [0.4, 0.5) is 12.9 Å². The fourth-order valence-electron chi connectivity index (χ4n) is 0.417. The van der Waals surface area contributed by atoms with E-state index in [1.165, 1.54) is 13.0 Å². The third kappa shape index (κ3) is 3.22. The van der Waals surface area contributed by atoms with Gasteiger partial charge >= 0.3 is 6.98 Å². The normalized spacial score (nSPS) is 15.1. The molecule has 0 heterocycles. The summed E-state index contributed by atoms with van der Waals surface area (Å²) in [5.41, 5.74) is 0. The standard InChI is InChI=1S/C5H9BF3/c1-3-4-5(2)6(7,8)9/h3,5H,1,4H2,2H3/q-1. The molecule has 0 amide bonds. The van der Waals surface area contributed by atoms with Crippen molar-refractivity contribution in [3.63, 3.8) is 0 Å². The molecule has 0 aliphatic carbocycles. The van der Waals surface area contributed by atoms with Crippen LogP contribution in [0.1, 0.15) is 13.3 Å². The summed E-state index contributed by atoms with van der Waals surface area (Å²) in [7, 11) is 0. The highest BCUT2D eigenvalue weighted by Crippen LogP contribution is 2.28. The van der Waals surface area contributed by atoms with Gasteiger partial charge in [0.1, 0.15) is 0 Å². The van der Waals surface area contributed by atoms with Crippen LogP contribution in [0.25, 0.3) is 0 Å². The minimum atomic E-state index is -4.64. The van der Waals surface area contributed by atoms with E-state index >= 15 is 0 Å². The Balaban J connectivity index is 3.72. The topological polar surface area (TPSA) is 0 Å². The smallest absolute Gasteiger partial charge is 0.449 e. The van der Waals surface area contributed by atoms with Gasteiger partial charge in [-0.25, -0.2) is 0 Å². The largest absolute Gasteiger partial charge is 0.481 e. The fraction of sp³-hybridized carbons (Fsp3) is 0.600. The Labute approximate surface area is 52.8 Å². The Morgan fingerprint density at radius 2 is 2.00 bits per heavy atom. The highest BCUT2D eigenvalue weighted by Gasteiger charge is 2.29. The molecule has 0 aliphatic rings. The summed E-state index contributed by atoms with van der Waals surface area (Å²) in [6.45, 7) is -0.250. The first-order chi connectivity index (χ1) is 3.98. The van der Waals surface area contributed by atoms with E-state index in [1.54, 1.807) is 0 Å². The van der Waals surface area contributed by atoms with E-state index in [-0.39, 0.29) is 6.42 Å². The number of rotatable bonds is 3. The maximum absolute atomic E-state index is 11.7. The molecule has 0 nitrogen and oxygen atoms in total. The zero-order valence-corrected chi connectivity index (χ0v) is 5.28. The van der Waals surface area contributed by atoms with Gasteiger partial charge in [-0.1, -0.05) is 25.2 Å². The van der Waals surface area contributed by atoms with Crippen LogP contribution in [0.5, 0.6) is 0 Å². The van der Waals surface area contributed by atoms with Gasteiger partial charge < -0.3 is 12.9 Å². The van der Waals surface area contributed by atoms with E-state index in [4.69, 9.17) is 0 Å². The minimum absolute atomic E-state index is 0.0312. The van der Waals surface area contributed by atoms with Crippen molar-refractivity contribution >= 4 is 6.98 Å². The molecule has 0 aliphatic heterocycles. The van der Waals surface area contributed by atoms with Crippen molar-refractivity contribution in [2.75, 3.05) is 0 Å². The van der Waals surface area contributed by atoms with Crippen molar-refractivity contribution in [2.24, 2.45) is 0 Å². The Hall–Kier alpha value is -0.405. The van der Waals surface area contributed by atoms with Gasteiger partial charge in [-0.2, -0.15) is 0 Å². The van der Waals surface area contributed by atoms with Crippen LogP contribution in [0.15, 0.2) is 12.7 Å². The zero-order valence-electron chi connectivity index (χ0n) is 5.28. The van der Waals surface area contributed by atoms with Crippen LogP contribution >= 0.6 is 0 Å². The molecule has 54 valence electrons. The molecule has 0 bridgehead atoms. The van der Waals surface area contributed by atoms with Crippen molar-refractivity contribution in [2.45, 2.75) is 19.2 Å². The predicted octanol–water partition coefficient (Wildman–Crippen LogP) is 2.80. The summed E-state index contributed by atoms with van der Waals surface area (Å²) in [5.74, 6) is -1.19. The van der Waals surface area contributed by atoms with Crippen LogP contribution < -0.4 is 0 Å². The van der Waals surface area contributed by atoms with Gasteiger partial charge in [0.15, 0.2) is 0 Å². The molecule has 1 unspecified atom stereocenters. The predicted molar refractivity (Wildman–Crippen MR) is 33.3 cm³/mol. The van der Waals surface area contributed by atoms with Crippen molar-refractivity contribution in [3.05, 3.63) is 12.7 Å². The van der Waals surface area contributed by atoms with Crippen molar-refractivity contribution in [1.29, 1.82) is 0 Å². The quantitative estimate of drug-likeness (QED) is 0.414. The molecule has 0 aromatic rings. The lowest BCUT2D eigenvalue weighted by atomic mass is 9.72. The van der Waals surface area contributed by atoms with Gasteiger partial charge in [-0.15, -0.1) is 6.58 Å². The Bertz CT molecular complexity index is 96.9. The summed E-state index contributed by atoms with van der Waals surface area (Å²) in [6.07, 6.45) is 1.32. The molecule has 1 atom stereocenters. The van der Waals surface area contributed by atoms with Crippen LogP contribution in [-0.4, -0.2) is 6.98 Å². The number of hydrogen-bond acceptors (Lipinski definition) is 0. The first-order valence-corrected chi connectivity index (χ1v) is 2.79. The average molecular weight is 137 g/mol. The number of allylic oxidation sites excluding steroid dienone is 1. The molecule has 0 fully saturated rings. The lowest BCUT2D eigenvalue weighted by molar-refractivity contribution is 0.440. The van der Waals surface area contributed by atoms with Gasteiger partial charge in [0.2, 0.25) is 0 Å². The van der Waals surface area contributed by atoms with E-state index < -0.39 is 12.8 Å². The summed E-state index contributed by atoms with van der Waals surface area (Å²) in [6, 6.07) is 0. The first kappa shape index (κ1) is 8.59. The van der Waals surface area contributed by atoms with E-state index in [2.05, 4.69) is 6.58 Å². The SMILES string of the molecule is C=CCC(C)[B-](F)(F)F. The lowest BCUT2D eigenvalue weighted by Crippen LogP contribution is -2.20. The molecule has 0 saturated heterocycles. The molecule has 9 heavy (non-hydrogen) atoms. The third-order valence-electron chi connectivity index (χ3n) is 1.18. The second-order valence-corrected chi connectivity index (χ2v) is 2.13. The monoisotopic (exact) mass is 137 g/mol. The van der Waals surface area contributed by atoms with E-state index in [0.29, 0.717) is 0 Å². The molecule has 4 heteroatoms. The molecule has 0 spiro atoms. The van der Waals surface area contributed by atoms with E-state index in [0.717, 1.165) is 0 Å². The second-order valence-electron chi connectivity index (χ2n) is 2.13. The average Bonchev–Trinajstić information content (AvgIpc) is 1.64. The van der Waals surface area contributed by atoms with Crippen LogP contribution in [0, 0.1) is 0 Å². The third-order valence-corrected chi connectivity index (χ3v) is 1.18.